The number of aliphatic carboxylic acids is 2. The summed E-state index contributed by atoms with van der Waals surface area (Å²) < 4.78 is 5.28. The number of benzene rings is 1. The van der Waals surface area contributed by atoms with Gasteiger partial charge in [-0.1, -0.05) is 16.4 Å². The van der Waals surface area contributed by atoms with Crippen LogP contribution in [0.2, 0.25) is 0 Å². The van der Waals surface area contributed by atoms with E-state index in [0.717, 1.165) is 28.0 Å². The van der Waals surface area contributed by atoms with Crippen LogP contribution >= 0.6 is 34.9 Å². The van der Waals surface area contributed by atoms with Gasteiger partial charge in [0.15, 0.2) is 28.1 Å². The molecule has 2 amide bonds. The van der Waals surface area contributed by atoms with Crippen molar-refractivity contribution in [3.63, 3.8) is 0 Å². The Balaban J connectivity index is 1.33. The highest BCUT2D eigenvalue weighted by Gasteiger charge is 2.54. The van der Waals surface area contributed by atoms with Crippen LogP contribution in [0.4, 0.5) is 5.13 Å². The number of nitrogens with zero attached hydrogens (tertiary/aromatic N) is 4. The summed E-state index contributed by atoms with van der Waals surface area (Å²) in [5.74, 6) is -4.50. The van der Waals surface area contributed by atoms with Crippen molar-refractivity contribution in [1.82, 2.24) is 20.4 Å². The fourth-order valence-electron chi connectivity index (χ4n) is 4.24. The number of oxime groups is 1. The minimum Gasteiger partial charge on any atom is -0.504 e. The van der Waals surface area contributed by atoms with Crippen LogP contribution in [0.15, 0.2) is 56.7 Å². The Hall–Kier alpha value is -5.01. The summed E-state index contributed by atoms with van der Waals surface area (Å²) in [7, 11) is 0. The maximum absolute atomic E-state index is 13.2. The molecule has 1 aromatic carbocycles. The summed E-state index contributed by atoms with van der Waals surface area (Å²) in [6.07, 6.45) is 4.42. The van der Waals surface area contributed by atoms with Crippen LogP contribution in [0.5, 0.6) is 11.5 Å². The number of carbonyl (C=O) groups excluding carboxylic acids is 2. The van der Waals surface area contributed by atoms with Crippen LogP contribution < -0.4 is 11.1 Å². The van der Waals surface area contributed by atoms with E-state index in [9.17, 15) is 39.6 Å². The number of aromatic hydroxyl groups is 2. The zero-order valence-corrected chi connectivity index (χ0v) is 25.3. The number of hydrogen-bond donors (Lipinski definition) is 6. The molecule has 2 aliphatic rings. The fraction of sp³-hybridized carbons (Fsp3) is 0.192. The van der Waals surface area contributed by atoms with Crippen molar-refractivity contribution in [1.29, 1.82) is 0 Å². The van der Waals surface area contributed by atoms with E-state index in [0.29, 0.717) is 16.8 Å². The number of nitrogens with two attached hydrogens (primary N) is 1. The van der Waals surface area contributed by atoms with E-state index in [1.54, 1.807) is 6.07 Å². The standard InChI is InChI=1S/C26H22N6O10S3/c1-43-25(24(39)40)42-31-17(14-9-45-26(27)28-14)20(35)29-18-21(36)32-19(23(37)38)11(8-44-22(18)32)2-4-12-7-13(30-41-12)10-3-5-15(33)16(34)6-10/h2-7,9,18,22,25,33-34H,8H2,1H3,(H2,27,28)(H,29,35)(H,37,38)(H,39,40)/b4-2+,31-17-/t18-,22-,25?/m1/s1. The lowest BCUT2D eigenvalue weighted by atomic mass is 10.0. The van der Waals surface area contributed by atoms with Gasteiger partial charge in [-0.15, -0.1) is 34.9 Å². The van der Waals surface area contributed by atoms with Crippen molar-refractivity contribution in [2.24, 2.45) is 5.16 Å². The van der Waals surface area contributed by atoms with Crippen LogP contribution in [0.25, 0.3) is 17.3 Å². The van der Waals surface area contributed by atoms with Crippen LogP contribution in [0.1, 0.15) is 11.5 Å². The molecule has 0 aliphatic carbocycles. The van der Waals surface area contributed by atoms with Crippen molar-refractivity contribution in [3.05, 3.63) is 58.4 Å². The highest BCUT2D eigenvalue weighted by Crippen LogP contribution is 2.41. The number of phenolic OH excluding ortho intramolecular Hbond substituents is 2. The highest BCUT2D eigenvalue weighted by molar-refractivity contribution is 8.00. The number of rotatable bonds is 11. The van der Waals surface area contributed by atoms with Crippen molar-refractivity contribution < 1.29 is 49.0 Å². The molecule has 45 heavy (non-hydrogen) atoms. The second-order valence-corrected chi connectivity index (χ2v) is 12.1. The maximum Gasteiger partial charge on any atom is 0.358 e. The zero-order chi connectivity index (χ0) is 32.4. The number of nitrogen functional groups attached to an aromatic ring is 1. The number of thioether (sulfide) groups is 2. The second kappa shape index (κ2) is 12.9. The number of hydrogen-bond acceptors (Lipinski definition) is 15. The number of carbonyl (C=O) groups is 4. The third-order valence-electron chi connectivity index (χ3n) is 6.37. The van der Waals surface area contributed by atoms with Gasteiger partial charge in [0.25, 0.3) is 17.3 Å². The van der Waals surface area contributed by atoms with E-state index in [-0.39, 0.29) is 39.5 Å². The van der Waals surface area contributed by atoms with Gasteiger partial charge in [-0.2, -0.15) is 0 Å². The van der Waals surface area contributed by atoms with Crippen molar-refractivity contribution in [2.75, 3.05) is 17.7 Å². The maximum atomic E-state index is 13.2. The average molecular weight is 675 g/mol. The number of anilines is 1. The molecule has 0 saturated carbocycles. The quantitative estimate of drug-likeness (QED) is 0.0557. The minimum atomic E-state index is -1.42. The molecule has 7 N–H and O–H groups in total. The van der Waals surface area contributed by atoms with E-state index in [1.165, 1.54) is 53.7 Å². The van der Waals surface area contributed by atoms with Gasteiger partial charge in [0.2, 0.25) is 0 Å². The molecule has 19 heteroatoms. The van der Waals surface area contributed by atoms with Gasteiger partial charge >= 0.3 is 11.9 Å². The summed E-state index contributed by atoms with van der Waals surface area (Å²) >= 11 is 3.04. The molecule has 4 heterocycles. The number of aromatic nitrogens is 2. The van der Waals surface area contributed by atoms with Gasteiger partial charge in [-0.25, -0.2) is 14.6 Å². The van der Waals surface area contributed by atoms with E-state index >= 15 is 0 Å². The van der Waals surface area contributed by atoms with Crippen molar-refractivity contribution >= 4 is 75.5 Å². The molecule has 5 rings (SSSR count). The zero-order valence-electron chi connectivity index (χ0n) is 22.8. The number of thiazole rings is 1. The SMILES string of the molecule is CSC(O/N=C(\C(=O)N[C@@H]1C(=O)N2C(C(=O)O)=C(/C=C/c3cc(-c4ccc(O)c(O)c4)no3)CS[C@H]12)c1csc(N)n1)C(=O)O. The molecule has 3 aromatic rings. The normalized spacial score (nSPS) is 18.8. The smallest absolute Gasteiger partial charge is 0.358 e. The molecular formula is C26H22N6O10S3. The Labute approximate surface area is 265 Å². The average Bonchev–Trinajstić information content (AvgIpc) is 3.66. The van der Waals surface area contributed by atoms with E-state index in [2.05, 4.69) is 20.6 Å². The molecule has 1 saturated heterocycles. The fourth-order valence-corrected chi connectivity index (χ4v) is 6.44. The number of β-lactam (4-membered cyclic amide) rings is 1. The first-order chi connectivity index (χ1) is 21.5. The van der Waals surface area contributed by atoms with E-state index in [4.69, 9.17) is 15.1 Å². The Morgan fingerprint density at radius 3 is 2.67 bits per heavy atom. The van der Waals surface area contributed by atoms with Crippen LogP contribution in [-0.2, 0) is 24.0 Å². The number of fused-ring (bicyclic) bond motifs is 1. The first kappa shape index (κ1) is 31.4. The first-order valence-corrected chi connectivity index (χ1v) is 15.8. The minimum absolute atomic E-state index is 0.00324. The number of allylic oxidation sites excluding steroid dienone is 1. The van der Waals surface area contributed by atoms with Crippen molar-refractivity contribution in [3.8, 4) is 22.8 Å². The van der Waals surface area contributed by atoms with Crippen molar-refractivity contribution in [2.45, 2.75) is 16.9 Å². The first-order valence-electron chi connectivity index (χ1n) is 12.6. The Kier molecular flexibility index (Phi) is 9.02. The molecular weight excluding hydrogens is 653 g/mol. The number of amides is 2. The van der Waals surface area contributed by atoms with Crippen LogP contribution in [0, 0.1) is 0 Å². The Morgan fingerprint density at radius 2 is 2.02 bits per heavy atom. The molecule has 3 atom stereocenters. The molecule has 2 aromatic heterocycles. The number of carboxylic acids is 2. The van der Waals surface area contributed by atoms with Gasteiger partial charge in [0.1, 0.15) is 28.5 Å². The van der Waals surface area contributed by atoms with Gasteiger partial charge in [0.05, 0.1) is 0 Å². The number of phenols is 2. The molecule has 0 radical (unpaired) electrons. The summed E-state index contributed by atoms with van der Waals surface area (Å²) in [5, 5.41) is 49.3. The van der Waals surface area contributed by atoms with Crippen LogP contribution in [0.3, 0.4) is 0 Å². The third-order valence-corrected chi connectivity index (χ3v) is 9.06. The molecule has 234 valence electrons. The molecule has 0 bridgehead atoms. The molecule has 0 spiro atoms. The summed E-state index contributed by atoms with van der Waals surface area (Å²) in [6.45, 7) is 0. The van der Waals surface area contributed by atoms with Gasteiger partial charge in [-0.05, 0) is 36.1 Å². The summed E-state index contributed by atoms with van der Waals surface area (Å²) in [4.78, 5) is 60.0. The van der Waals surface area contributed by atoms with E-state index < -0.39 is 46.3 Å². The molecule has 2 aliphatic heterocycles. The number of carboxylic acid groups (broad SMARTS) is 2. The lowest BCUT2D eigenvalue weighted by Gasteiger charge is -2.49. The highest BCUT2D eigenvalue weighted by atomic mass is 32.2. The molecule has 1 fully saturated rings. The third kappa shape index (κ3) is 6.44. The Bertz CT molecular complexity index is 1780. The number of nitrogens with one attached hydrogen (secondary N) is 1. The lowest BCUT2D eigenvalue weighted by molar-refractivity contribution is -0.150. The van der Waals surface area contributed by atoms with Gasteiger partial charge in [0, 0.05) is 22.8 Å². The predicted octanol–water partition coefficient (Wildman–Crippen LogP) is 1.74. The van der Waals surface area contributed by atoms with Crippen LogP contribution in [-0.4, -0.2) is 93.8 Å². The lowest BCUT2D eigenvalue weighted by Crippen LogP contribution is -2.71. The summed E-state index contributed by atoms with van der Waals surface area (Å²) in [6, 6.07) is 4.54. The van der Waals surface area contributed by atoms with Gasteiger partial charge < -0.3 is 40.8 Å². The van der Waals surface area contributed by atoms with E-state index in [1.807, 2.05) is 0 Å². The predicted molar refractivity (Wildman–Crippen MR) is 163 cm³/mol. The monoisotopic (exact) mass is 674 g/mol. The van der Waals surface area contributed by atoms with Gasteiger partial charge in [-0.3, -0.25) is 14.5 Å². The molecule has 1 unspecified atom stereocenters. The topological polar surface area (TPSA) is 251 Å². The second-order valence-electron chi connectivity index (χ2n) is 9.21. The Morgan fingerprint density at radius 1 is 1.24 bits per heavy atom. The largest absolute Gasteiger partial charge is 0.504 e. The summed E-state index contributed by atoms with van der Waals surface area (Å²) in [5.41, 5.74) is 4.69. The molecule has 16 nitrogen and oxygen atoms in total.